The van der Waals surface area contributed by atoms with Crippen molar-refractivity contribution < 1.29 is 29.0 Å². The molecule has 0 spiro atoms. The number of nitrogens with zero attached hydrogens (tertiary/aromatic N) is 4. The topological polar surface area (TPSA) is 142 Å². The lowest BCUT2D eigenvalue weighted by atomic mass is 10.1. The third-order valence-electron chi connectivity index (χ3n) is 5.73. The van der Waals surface area contributed by atoms with Crippen molar-refractivity contribution in [3.63, 3.8) is 0 Å². The first-order chi connectivity index (χ1) is 17.2. The van der Waals surface area contributed by atoms with Crippen LogP contribution in [0.5, 0.6) is 0 Å². The van der Waals surface area contributed by atoms with Gasteiger partial charge in [-0.2, -0.15) is 0 Å². The number of hydrogen-bond donors (Lipinski definition) is 2. The Balaban J connectivity index is 1.75. The summed E-state index contributed by atoms with van der Waals surface area (Å²) in [6.07, 6.45) is -0.812. The predicted molar refractivity (Wildman–Crippen MR) is 130 cm³/mol. The number of benzene rings is 1. The molecule has 1 aromatic heterocycles. The van der Waals surface area contributed by atoms with E-state index in [2.05, 4.69) is 15.3 Å². The molecule has 2 N–H and O–H groups in total. The number of nitrogens with one attached hydrogen (secondary N) is 1. The van der Waals surface area contributed by atoms with Gasteiger partial charge in [0.2, 0.25) is 5.91 Å². The van der Waals surface area contributed by atoms with Gasteiger partial charge in [0.1, 0.15) is 11.7 Å². The number of carbonyl (C=O) groups excluding carboxylic acids is 3. The van der Waals surface area contributed by atoms with Crippen LogP contribution in [-0.2, 0) is 14.3 Å². The van der Waals surface area contributed by atoms with Crippen molar-refractivity contribution in [3.8, 4) is 11.4 Å². The number of aryl methyl sites for hydroxylation is 2. The second kappa shape index (κ2) is 12.1. The standard InChI is InChI=1S/C25H31N5O6/c1-4-36-25(35)30-12-10-29(11-13-30)24(34)19(8-9-21(31)32)28-23(33)20-15-17(3)26-22(27-20)18-7-5-6-16(2)14-18/h5-7,14-15,19H,4,8-13H2,1-3H3,(H,28,33)(H,31,32)/t19-/m0/s1. The fourth-order valence-corrected chi connectivity index (χ4v) is 3.90. The van der Waals surface area contributed by atoms with Crippen molar-refractivity contribution in [2.45, 2.75) is 39.7 Å². The van der Waals surface area contributed by atoms with Gasteiger partial charge in [0.15, 0.2) is 5.82 Å². The van der Waals surface area contributed by atoms with E-state index in [-0.39, 0.29) is 51.3 Å². The summed E-state index contributed by atoms with van der Waals surface area (Å²) in [6.45, 7) is 6.74. The van der Waals surface area contributed by atoms with Gasteiger partial charge in [0.25, 0.3) is 5.91 Å². The van der Waals surface area contributed by atoms with Crippen molar-refractivity contribution in [1.29, 1.82) is 0 Å². The van der Waals surface area contributed by atoms with Crippen molar-refractivity contribution in [2.75, 3.05) is 32.8 Å². The van der Waals surface area contributed by atoms with E-state index in [1.807, 2.05) is 31.2 Å². The number of carboxylic acids is 1. The number of ether oxygens (including phenoxy) is 1. The van der Waals surface area contributed by atoms with Crippen LogP contribution in [0.15, 0.2) is 30.3 Å². The average molecular weight is 498 g/mol. The molecule has 2 aromatic rings. The molecule has 0 saturated carbocycles. The molecule has 1 aliphatic heterocycles. The summed E-state index contributed by atoms with van der Waals surface area (Å²) >= 11 is 0. The minimum atomic E-state index is -1.08. The number of aliphatic carboxylic acids is 1. The van der Waals surface area contributed by atoms with E-state index in [4.69, 9.17) is 9.84 Å². The van der Waals surface area contributed by atoms with E-state index < -0.39 is 29.9 Å². The maximum Gasteiger partial charge on any atom is 0.409 e. The summed E-state index contributed by atoms with van der Waals surface area (Å²) < 4.78 is 5.00. The first kappa shape index (κ1) is 26.6. The van der Waals surface area contributed by atoms with Crippen LogP contribution in [-0.4, -0.2) is 87.6 Å². The van der Waals surface area contributed by atoms with Gasteiger partial charge >= 0.3 is 12.1 Å². The summed E-state index contributed by atoms with van der Waals surface area (Å²) in [6, 6.07) is 8.03. The summed E-state index contributed by atoms with van der Waals surface area (Å²) in [5.74, 6) is -1.69. The van der Waals surface area contributed by atoms with Gasteiger partial charge in [-0.25, -0.2) is 14.8 Å². The molecule has 11 nitrogen and oxygen atoms in total. The molecule has 192 valence electrons. The zero-order valence-corrected chi connectivity index (χ0v) is 20.7. The normalized spacial score (nSPS) is 14.2. The lowest BCUT2D eigenvalue weighted by Crippen LogP contribution is -2.56. The zero-order valence-electron chi connectivity index (χ0n) is 20.7. The molecule has 0 radical (unpaired) electrons. The molecule has 0 bridgehead atoms. The minimum Gasteiger partial charge on any atom is -0.481 e. The number of carboxylic acid groups (broad SMARTS) is 1. The molecule has 3 rings (SSSR count). The Kier molecular flexibility index (Phi) is 8.93. The molecule has 0 unspecified atom stereocenters. The Morgan fingerprint density at radius 1 is 1.06 bits per heavy atom. The second-order valence-electron chi connectivity index (χ2n) is 8.56. The monoisotopic (exact) mass is 497 g/mol. The molecule has 1 atom stereocenters. The van der Waals surface area contributed by atoms with Crippen molar-refractivity contribution in [3.05, 3.63) is 47.3 Å². The summed E-state index contributed by atoms with van der Waals surface area (Å²) in [5.41, 5.74) is 2.44. The van der Waals surface area contributed by atoms with E-state index in [9.17, 15) is 19.2 Å². The minimum absolute atomic E-state index is 0.0766. The molecular formula is C25H31N5O6. The van der Waals surface area contributed by atoms with Crippen LogP contribution in [0.3, 0.4) is 0 Å². The summed E-state index contributed by atoms with van der Waals surface area (Å²) in [7, 11) is 0. The molecule has 1 aliphatic rings. The van der Waals surface area contributed by atoms with Crippen LogP contribution in [0.25, 0.3) is 11.4 Å². The van der Waals surface area contributed by atoms with Crippen LogP contribution >= 0.6 is 0 Å². The van der Waals surface area contributed by atoms with E-state index in [0.717, 1.165) is 11.1 Å². The Hall–Kier alpha value is -4.02. The van der Waals surface area contributed by atoms with Gasteiger partial charge in [-0.05, 0) is 39.3 Å². The molecule has 2 heterocycles. The fraction of sp³-hybridized carbons (Fsp3) is 0.440. The highest BCUT2D eigenvalue weighted by atomic mass is 16.6. The first-order valence-electron chi connectivity index (χ1n) is 11.8. The predicted octanol–water partition coefficient (Wildman–Crippen LogP) is 2.02. The van der Waals surface area contributed by atoms with Crippen molar-refractivity contribution in [1.82, 2.24) is 25.1 Å². The molecule has 1 saturated heterocycles. The molecule has 0 aliphatic carbocycles. The SMILES string of the molecule is CCOC(=O)N1CCN(C(=O)[C@H](CCC(=O)O)NC(=O)c2cc(C)nc(-c3cccc(C)c3)n2)CC1. The quantitative estimate of drug-likeness (QED) is 0.564. The number of aromatic nitrogens is 2. The van der Waals surface area contributed by atoms with Crippen LogP contribution in [0.1, 0.15) is 41.5 Å². The highest BCUT2D eigenvalue weighted by Crippen LogP contribution is 2.18. The third kappa shape index (κ3) is 7.00. The average Bonchev–Trinajstić information content (AvgIpc) is 2.85. The smallest absolute Gasteiger partial charge is 0.409 e. The molecule has 1 fully saturated rings. The summed E-state index contributed by atoms with van der Waals surface area (Å²) in [4.78, 5) is 61.3. The molecular weight excluding hydrogens is 466 g/mol. The van der Waals surface area contributed by atoms with Crippen LogP contribution < -0.4 is 5.32 Å². The van der Waals surface area contributed by atoms with E-state index in [1.165, 1.54) is 15.9 Å². The Morgan fingerprint density at radius 3 is 2.39 bits per heavy atom. The first-order valence-corrected chi connectivity index (χ1v) is 11.8. The lowest BCUT2D eigenvalue weighted by molar-refractivity contribution is -0.138. The maximum atomic E-state index is 13.2. The number of carbonyl (C=O) groups is 4. The summed E-state index contributed by atoms with van der Waals surface area (Å²) in [5, 5.41) is 11.8. The lowest BCUT2D eigenvalue weighted by Gasteiger charge is -2.35. The number of piperazine rings is 1. The van der Waals surface area contributed by atoms with Crippen LogP contribution in [0.4, 0.5) is 4.79 Å². The Bertz CT molecular complexity index is 1130. The highest BCUT2D eigenvalue weighted by Gasteiger charge is 2.31. The zero-order chi connectivity index (χ0) is 26.2. The maximum absolute atomic E-state index is 13.2. The molecule has 3 amide bonds. The van der Waals surface area contributed by atoms with Gasteiger partial charge in [0.05, 0.1) is 6.61 Å². The van der Waals surface area contributed by atoms with Crippen molar-refractivity contribution in [2.24, 2.45) is 0 Å². The van der Waals surface area contributed by atoms with E-state index in [0.29, 0.717) is 11.5 Å². The Morgan fingerprint density at radius 2 is 1.75 bits per heavy atom. The van der Waals surface area contributed by atoms with Gasteiger partial charge in [-0.15, -0.1) is 0 Å². The molecule has 11 heteroatoms. The van der Waals surface area contributed by atoms with Crippen LogP contribution in [0, 0.1) is 13.8 Å². The third-order valence-corrected chi connectivity index (χ3v) is 5.73. The van der Waals surface area contributed by atoms with Gasteiger partial charge in [0, 0.05) is 43.9 Å². The van der Waals surface area contributed by atoms with E-state index >= 15 is 0 Å². The second-order valence-corrected chi connectivity index (χ2v) is 8.56. The van der Waals surface area contributed by atoms with Gasteiger partial charge in [-0.3, -0.25) is 14.4 Å². The number of rotatable bonds is 8. The van der Waals surface area contributed by atoms with E-state index in [1.54, 1.807) is 13.8 Å². The molecule has 36 heavy (non-hydrogen) atoms. The highest BCUT2D eigenvalue weighted by molar-refractivity contribution is 5.96. The van der Waals surface area contributed by atoms with Crippen molar-refractivity contribution >= 4 is 23.9 Å². The fourth-order valence-electron chi connectivity index (χ4n) is 3.90. The van der Waals surface area contributed by atoms with Crippen LogP contribution in [0.2, 0.25) is 0 Å². The Labute approximate surface area is 209 Å². The molecule has 1 aromatic carbocycles. The van der Waals surface area contributed by atoms with Gasteiger partial charge < -0.3 is 25.0 Å². The van der Waals surface area contributed by atoms with Gasteiger partial charge in [-0.1, -0.05) is 23.8 Å². The number of hydrogen-bond acceptors (Lipinski definition) is 7. The number of amides is 3. The largest absolute Gasteiger partial charge is 0.481 e.